The van der Waals surface area contributed by atoms with Crippen LogP contribution in [0.3, 0.4) is 0 Å². The normalized spacial score (nSPS) is 17.1. The van der Waals surface area contributed by atoms with E-state index in [0.29, 0.717) is 10.6 Å². The predicted molar refractivity (Wildman–Crippen MR) is 122 cm³/mol. The molecule has 12 heteroatoms. The number of aliphatic imine (C=N–C) groups is 1. The highest BCUT2D eigenvalue weighted by molar-refractivity contribution is 6.32. The molecule has 0 aromatic heterocycles. The highest BCUT2D eigenvalue weighted by Gasteiger charge is 2.43. The third kappa shape index (κ3) is 4.74. The molecule has 4 rings (SSSR count). The summed E-state index contributed by atoms with van der Waals surface area (Å²) in [5.74, 6) is -1.14. The minimum Gasteiger partial charge on any atom is -0.398 e. The number of hydrogen-bond donors (Lipinski definition) is 3. The van der Waals surface area contributed by atoms with Crippen LogP contribution >= 0.6 is 11.6 Å². The molecule has 9 nitrogen and oxygen atoms in total. The number of nitrogens with zero attached hydrogens (tertiary/aromatic N) is 2. The van der Waals surface area contributed by atoms with Gasteiger partial charge in [-0.2, -0.15) is 0 Å². The number of benzene rings is 2. The summed E-state index contributed by atoms with van der Waals surface area (Å²) in [5, 5.41) is 3.07. The second kappa shape index (κ2) is 8.82. The first-order valence-corrected chi connectivity index (χ1v) is 10.5. The first-order valence-electron chi connectivity index (χ1n) is 10.1. The molecular formula is C22H20ClF2N5O4. The Morgan fingerprint density at radius 3 is 2.59 bits per heavy atom. The number of primary amides is 1. The van der Waals surface area contributed by atoms with Crippen molar-refractivity contribution < 1.29 is 27.8 Å². The monoisotopic (exact) mass is 491 g/mol. The van der Waals surface area contributed by atoms with Crippen LogP contribution in [-0.4, -0.2) is 48.5 Å². The number of ether oxygens (including phenoxy) is 2. The number of anilines is 1. The molecular weight excluding hydrogens is 472 g/mol. The van der Waals surface area contributed by atoms with Crippen molar-refractivity contribution in [3.63, 3.8) is 0 Å². The number of alkyl halides is 2. The molecule has 0 saturated heterocycles. The van der Waals surface area contributed by atoms with E-state index in [1.807, 2.05) is 6.92 Å². The standard InChI is InChI=1S/C22H20ClF2N5O4/c1-11-2-3-12(8-14(11)23)19(26)18(20(27)31)15-10-30(7-6-28-15)21(32)29-13-4-5-16-17(9-13)34-22(24,25)33-16/h2-5,8-9H,6-7,10,26H2,1H3,(H2,27,31)(H,29,32). The summed E-state index contributed by atoms with van der Waals surface area (Å²) < 4.78 is 35.2. The zero-order chi connectivity index (χ0) is 24.6. The van der Waals surface area contributed by atoms with Crippen LogP contribution in [0.1, 0.15) is 11.1 Å². The van der Waals surface area contributed by atoms with E-state index in [1.54, 1.807) is 18.2 Å². The Morgan fingerprint density at radius 1 is 1.15 bits per heavy atom. The van der Waals surface area contributed by atoms with Gasteiger partial charge in [-0.05, 0) is 36.2 Å². The van der Waals surface area contributed by atoms with E-state index in [1.165, 1.54) is 23.1 Å². The SMILES string of the molecule is Cc1ccc(C(N)=C(C(N)=O)C2=NCCN(C(=O)Nc3ccc4c(c3)OC(F)(F)O4)C2)cc1Cl. The maximum Gasteiger partial charge on any atom is 0.586 e. The van der Waals surface area contributed by atoms with E-state index in [0.717, 1.165) is 5.56 Å². The lowest BCUT2D eigenvalue weighted by molar-refractivity contribution is -0.286. The van der Waals surface area contributed by atoms with E-state index in [2.05, 4.69) is 19.8 Å². The van der Waals surface area contributed by atoms with Crippen molar-refractivity contribution >= 4 is 40.6 Å². The fourth-order valence-corrected chi connectivity index (χ4v) is 3.69. The molecule has 178 valence electrons. The number of nitrogens with two attached hydrogens (primary N) is 2. The zero-order valence-electron chi connectivity index (χ0n) is 17.9. The van der Waals surface area contributed by atoms with Gasteiger partial charge in [0.25, 0.3) is 5.91 Å². The third-order valence-electron chi connectivity index (χ3n) is 5.24. The molecule has 0 fully saturated rings. The summed E-state index contributed by atoms with van der Waals surface area (Å²) in [6, 6.07) is 8.42. The van der Waals surface area contributed by atoms with Crippen molar-refractivity contribution in [3.8, 4) is 11.5 Å². The van der Waals surface area contributed by atoms with Crippen molar-refractivity contribution in [1.29, 1.82) is 0 Å². The Labute approximate surface area is 198 Å². The molecule has 5 N–H and O–H groups in total. The third-order valence-corrected chi connectivity index (χ3v) is 5.65. The Bertz CT molecular complexity index is 1250. The minimum atomic E-state index is -3.76. The highest BCUT2D eigenvalue weighted by atomic mass is 35.5. The minimum absolute atomic E-state index is 0.0114. The van der Waals surface area contributed by atoms with Crippen LogP contribution in [0.15, 0.2) is 47.0 Å². The van der Waals surface area contributed by atoms with Gasteiger partial charge in [-0.15, -0.1) is 8.78 Å². The summed E-state index contributed by atoms with van der Waals surface area (Å²) in [6.45, 7) is 2.23. The second-order valence-corrected chi connectivity index (χ2v) is 8.03. The quantitative estimate of drug-likeness (QED) is 0.565. The Morgan fingerprint density at radius 2 is 1.88 bits per heavy atom. The van der Waals surface area contributed by atoms with Crippen LogP contribution in [0.25, 0.3) is 5.70 Å². The lowest BCUT2D eigenvalue weighted by Gasteiger charge is -2.28. The Kier molecular flexibility index (Phi) is 6.05. The molecule has 0 unspecified atom stereocenters. The number of fused-ring (bicyclic) bond motifs is 1. The molecule has 2 aromatic rings. The maximum atomic E-state index is 13.2. The average Bonchev–Trinajstić information content (AvgIpc) is 3.08. The van der Waals surface area contributed by atoms with Gasteiger partial charge in [-0.3, -0.25) is 9.79 Å². The smallest absolute Gasteiger partial charge is 0.398 e. The Hall–Kier alpha value is -3.86. The lowest BCUT2D eigenvalue weighted by atomic mass is 10.00. The number of rotatable bonds is 4. The predicted octanol–water partition coefficient (Wildman–Crippen LogP) is 3.11. The van der Waals surface area contributed by atoms with Crippen molar-refractivity contribution in [2.75, 3.05) is 25.0 Å². The fraction of sp³-hybridized carbons (Fsp3) is 0.227. The molecule has 0 atom stereocenters. The summed E-state index contributed by atoms with van der Waals surface area (Å²) >= 11 is 6.18. The first-order chi connectivity index (χ1) is 16.0. The van der Waals surface area contributed by atoms with Crippen LogP contribution in [0.4, 0.5) is 19.3 Å². The van der Waals surface area contributed by atoms with Crippen LogP contribution < -0.4 is 26.3 Å². The summed E-state index contributed by atoms with van der Waals surface area (Å²) in [7, 11) is 0. The summed E-state index contributed by atoms with van der Waals surface area (Å²) in [5.41, 5.74) is 13.7. The number of nitrogens with one attached hydrogen (secondary N) is 1. The van der Waals surface area contributed by atoms with Gasteiger partial charge in [0.15, 0.2) is 11.5 Å². The zero-order valence-corrected chi connectivity index (χ0v) is 18.7. The molecule has 2 aromatic carbocycles. The number of aryl methyl sites for hydroxylation is 1. The number of halogens is 3. The number of urea groups is 1. The number of hydrogen-bond acceptors (Lipinski definition) is 6. The number of carbonyl (C=O) groups excluding carboxylic acids is 2. The second-order valence-electron chi connectivity index (χ2n) is 7.63. The largest absolute Gasteiger partial charge is 0.586 e. The molecule has 3 amide bonds. The molecule has 2 aliphatic rings. The van der Waals surface area contributed by atoms with Gasteiger partial charge in [0, 0.05) is 23.3 Å². The van der Waals surface area contributed by atoms with Crippen LogP contribution in [0.2, 0.25) is 5.02 Å². The summed E-state index contributed by atoms with van der Waals surface area (Å²) in [4.78, 5) is 30.8. The van der Waals surface area contributed by atoms with Gasteiger partial charge in [0.2, 0.25) is 0 Å². The van der Waals surface area contributed by atoms with Crippen molar-refractivity contribution in [2.24, 2.45) is 16.5 Å². The van der Waals surface area contributed by atoms with Crippen LogP contribution in [0.5, 0.6) is 11.5 Å². The van der Waals surface area contributed by atoms with E-state index >= 15 is 0 Å². The van der Waals surface area contributed by atoms with Crippen LogP contribution in [-0.2, 0) is 4.79 Å². The van der Waals surface area contributed by atoms with E-state index in [4.69, 9.17) is 23.1 Å². The molecule has 34 heavy (non-hydrogen) atoms. The highest BCUT2D eigenvalue weighted by Crippen LogP contribution is 2.42. The van der Waals surface area contributed by atoms with Gasteiger partial charge in [-0.1, -0.05) is 23.7 Å². The average molecular weight is 492 g/mol. The van der Waals surface area contributed by atoms with Gasteiger partial charge in [0.1, 0.15) is 0 Å². The first kappa shape index (κ1) is 23.3. The van der Waals surface area contributed by atoms with Crippen molar-refractivity contribution in [1.82, 2.24) is 4.90 Å². The molecule has 0 spiro atoms. The molecule has 0 saturated carbocycles. The molecule has 2 heterocycles. The Balaban J connectivity index is 1.53. The summed E-state index contributed by atoms with van der Waals surface area (Å²) in [6.07, 6.45) is -3.76. The van der Waals surface area contributed by atoms with Gasteiger partial charge < -0.3 is 31.2 Å². The molecule has 0 bridgehead atoms. The van der Waals surface area contributed by atoms with Crippen molar-refractivity contribution in [2.45, 2.75) is 13.2 Å². The van der Waals surface area contributed by atoms with E-state index in [-0.39, 0.29) is 53.8 Å². The molecule has 0 radical (unpaired) electrons. The van der Waals surface area contributed by atoms with Crippen LogP contribution in [0, 0.1) is 6.92 Å². The fourth-order valence-electron chi connectivity index (χ4n) is 3.51. The lowest BCUT2D eigenvalue weighted by Crippen LogP contribution is -2.45. The molecule has 0 aliphatic carbocycles. The van der Waals surface area contributed by atoms with Gasteiger partial charge >= 0.3 is 12.3 Å². The van der Waals surface area contributed by atoms with E-state index in [9.17, 15) is 18.4 Å². The van der Waals surface area contributed by atoms with Gasteiger partial charge in [-0.25, -0.2) is 4.79 Å². The van der Waals surface area contributed by atoms with Crippen molar-refractivity contribution in [3.05, 3.63) is 58.1 Å². The van der Waals surface area contributed by atoms with Gasteiger partial charge in [0.05, 0.1) is 30.1 Å². The topological polar surface area (TPSA) is 132 Å². The number of amides is 3. The van der Waals surface area contributed by atoms with E-state index < -0.39 is 18.2 Å². The maximum absolute atomic E-state index is 13.2. The number of carbonyl (C=O) groups is 2. The molecule has 2 aliphatic heterocycles.